The van der Waals surface area contributed by atoms with E-state index in [-0.39, 0.29) is 28.6 Å². The first-order chi connectivity index (χ1) is 17.0. The van der Waals surface area contributed by atoms with Crippen LogP contribution in [0.4, 0.5) is 5.88 Å². The molecule has 0 N–H and O–H groups in total. The molecular weight excluding hydrogens is 446 g/mol. The van der Waals surface area contributed by atoms with Crippen molar-refractivity contribution in [2.75, 3.05) is 31.1 Å². The molecule has 0 spiro atoms. The summed E-state index contributed by atoms with van der Waals surface area (Å²) in [6.07, 6.45) is 3.21. The van der Waals surface area contributed by atoms with Gasteiger partial charge in [-0.1, -0.05) is 29.8 Å². The molecule has 0 unspecified atom stereocenters. The van der Waals surface area contributed by atoms with Crippen LogP contribution < -0.4 is 10.5 Å². The highest BCUT2D eigenvalue weighted by Crippen LogP contribution is 2.29. The van der Waals surface area contributed by atoms with Gasteiger partial charge in [0, 0.05) is 32.4 Å². The number of pyridine rings is 1. The van der Waals surface area contributed by atoms with Crippen LogP contribution in [0, 0.1) is 18.3 Å². The van der Waals surface area contributed by atoms with Crippen LogP contribution >= 0.6 is 0 Å². The average molecular weight is 470 g/mol. The lowest BCUT2D eigenvalue weighted by atomic mass is 10.1. The summed E-state index contributed by atoms with van der Waals surface area (Å²) in [4.78, 5) is 34.0. The molecule has 0 saturated carbocycles. The molecule has 0 bridgehead atoms. The van der Waals surface area contributed by atoms with Gasteiger partial charge in [0.2, 0.25) is 11.6 Å². The van der Waals surface area contributed by atoms with E-state index in [9.17, 15) is 14.9 Å². The van der Waals surface area contributed by atoms with Gasteiger partial charge in [-0.2, -0.15) is 10.2 Å². The number of benzene rings is 1. The number of carbonyl (C=O) groups excluding carboxylic acids is 1. The Balaban J connectivity index is 1.29. The number of aryl methyl sites for hydroxylation is 1. The number of carbonyl (C=O) groups is 1. The summed E-state index contributed by atoms with van der Waals surface area (Å²) in [7, 11) is 0. The molecule has 176 valence electrons. The van der Waals surface area contributed by atoms with E-state index in [1.54, 1.807) is 39.9 Å². The Morgan fingerprint density at radius 2 is 1.94 bits per heavy atom. The normalized spacial score (nSPS) is 13.6. The van der Waals surface area contributed by atoms with E-state index >= 15 is 0 Å². The minimum Gasteiger partial charge on any atom is -0.459 e. The third kappa shape index (κ3) is 4.46. The molecule has 0 atom stereocenters. The number of oxazole rings is 1. The largest absolute Gasteiger partial charge is 0.459 e. The summed E-state index contributed by atoms with van der Waals surface area (Å²) >= 11 is 0. The summed E-state index contributed by atoms with van der Waals surface area (Å²) in [6, 6.07) is 16.7. The van der Waals surface area contributed by atoms with Crippen molar-refractivity contribution < 1.29 is 13.6 Å². The van der Waals surface area contributed by atoms with Crippen molar-refractivity contribution in [3.8, 4) is 17.7 Å². The SMILES string of the molecule is Cc1cccc(Cn2cccc(C(=O)N3CCN(c4oc(-c5ccco5)nc4C#N)CC3)c2=O)c1. The Labute approximate surface area is 201 Å². The molecule has 9 heteroatoms. The molecule has 0 aliphatic carbocycles. The van der Waals surface area contributed by atoms with Gasteiger partial charge in [0.05, 0.1) is 12.8 Å². The quantitative estimate of drug-likeness (QED) is 0.441. The number of nitrogens with zero attached hydrogens (tertiary/aromatic N) is 5. The topological polar surface area (TPSA) is 109 Å². The van der Waals surface area contributed by atoms with Crippen LogP contribution in [-0.4, -0.2) is 46.5 Å². The Morgan fingerprint density at radius 3 is 2.66 bits per heavy atom. The fourth-order valence-electron chi connectivity index (χ4n) is 4.22. The van der Waals surface area contributed by atoms with Gasteiger partial charge >= 0.3 is 0 Å². The molecular formula is C26H23N5O4. The minimum atomic E-state index is -0.313. The number of hydrogen-bond acceptors (Lipinski definition) is 7. The first-order valence-corrected chi connectivity index (χ1v) is 11.3. The van der Waals surface area contributed by atoms with Gasteiger partial charge in [0.15, 0.2) is 5.76 Å². The first-order valence-electron chi connectivity index (χ1n) is 11.3. The summed E-state index contributed by atoms with van der Waals surface area (Å²) in [6.45, 7) is 4.05. The predicted molar refractivity (Wildman–Crippen MR) is 128 cm³/mol. The van der Waals surface area contributed by atoms with E-state index in [2.05, 4.69) is 11.1 Å². The predicted octanol–water partition coefficient (Wildman–Crippen LogP) is 3.29. The molecule has 1 amide bonds. The van der Waals surface area contributed by atoms with Crippen LogP contribution in [0.3, 0.4) is 0 Å². The number of piperazine rings is 1. The van der Waals surface area contributed by atoms with Crippen molar-refractivity contribution in [1.82, 2.24) is 14.5 Å². The van der Waals surface area contributed by atoms with Gasteiger partial charge < -0.3 is 23.2 Å². The van der Waals surface area contributed by atoms with Crippen molar-refractivity contribution in [3.05, 3.63) is 93.7 Å². The van der Waals surface area contributed by atoms with Crippen LogP contribution in [0.25, 0.3) is 11.7 Å². The van der Waals surface area contributed by atoms with E-state index in [0.717, 1.165) is 11.1 Å². The van der Waals surface area contributed by atoms with Crippen LogP contribution in [0.15, 0.2) is 74.6 Å². The standard InChI is InChI=1S/C26H23N5O4/c1-18-5-2-6-19(15-18)17-31-9-3-7-20(25(31)33)24(32)29-10-12-30(13-11-29)26-21(16-27)28-23(35-26)22-8-4-14-34-22/h2-9,14-15H,10-13,17H2,1H3. The molecule has 1 fully saturated rings. The van der Waals surface area contributed by atoms with Gasteiger partial charge in [-0.25, -0.2) is 0 Å². The second-order valence-electron chi connectivity index (χ2n) is 8.39. The monoisotopic (exact) mass is 469 g/mol. The molecule has 4 aromatic rings. The third-order valence-corrected chi connectivity index (χ3v) is 5.99. The molecule has 3 aromatic heterocycles. The summed E-state index contributed by atoms with van der Waals surface area (Å²) in [5.41, 5.74) is 2.11. The van der Waals surface area contributed by atoms with E-state index in [4.69, 9.17) is 8.83 Å². The summed E-state index contributed by atoms with van der Waals surface area (Å²) < 4.78 is 12.7. The molecule has 35 heavy (non-hydrogen) atoms. The third-order valence-electron chi connectivity index (χ3n) is 5.99. The fraction of sp³-hybridized carbons (Fsp3) is 0.231. The molecule has 4 heterocycles. The number of hydrogen-bond donors (Lipinski definition) is 0. The Kier molecular flexibility index (Phi) is 5.94. The summed E-state index contributed by atoms with van der Waals surface area (Å²) in [5, 5.41) is 9.49. The van der Waals surface area contributed by atoms with Crippen molar-refractivity contribution >= 4 is 11.8 Å². The van der Waals surface area contributed by atoms with Crippen LogP contribution in [-0.2, 0) is 6.54 Å². The second kappa shape index (κ2) is 9.35. The van der Waals surface area contributed by atoms with Crippen molar-refractivity contribution in [3.63, 3.8) is 0 Å². The maximum Gasteiger partial charge on any atom is 0.266 e. The second-order valence-corrected chi connectivity index (χ2v) is 8.39. The Hall–Kier alpha value is -4.58. The van der Waals surface area contributed by atoms with Crippen molar-refractivity contribution in [2.45, 2.75) is 13.5 Å². The fourth-order valence-corrected chi connectivity index (χ4v) is 4.22. The molecule has 1 aliphatic heterocycles. The minimum absolute atomic E-state index is 0.145. The van der Waals surface area contributed by atoms with Crippen molar-refractivity contribution in [2.24, 2.45) is 0 Å². The number of amides is 1. The Bertz CT molecular complexity index is 1450. The molecule has 1 aromatic carbocycles. The van der Waals surface area contributed by atoms with E-state index in [1.807, 2.05) is 36.1 Å². The zero-order chi connectivity index (χ0) is 24.4. The smallest absolute Gasteiger partial charge is 0.266 e. The lowest BCUT2D eigenvalue weighted by Crippen LogP contribution is -2.50. The van der Waals surface area contributed by atoms with Crippen LogP contribution in [0.1, 0.15) is 27.2 Å². The van der Waals surface area contributed by atoms with Gasteiger partial charge in [0.1, 0.15) is 11.6 Å². The summed E-state index contributed by atoms with van der Waals surface area (Å²) in [5.74, 6) is 0.722. The highest BCUT2D eigenvalue weighted by Gasteiger charge is 2.28. The van der Waals surface area contributed by atoms with Crippen LogP contribution in [0.2, 0.25) is 0 Å². The Morgan fingerprint density at radius 1 is 1.11 bits per heavy atom. The van der Waals surface area contributed by atoms with E-state index in [1.165, 1.54) is 6.26 Å². The number of furan rings is 1. The molecule has 1 aliphatic rings. The van der Waals surface area contributed by atoms with Gasteiger partial charge in [-0.05, 0) is 36.8 Å². The first kappa shape index (κ1) is 22.2. The maximum atomic E-state index is 13.2. The lowest BCUT2D eigenvalue weighted by molar-refractivity contribution is 0.0743. The van der Waals surface area contributed by atoms with E-state index < -0.39 is 0 Å². The number of aromatic nitrogens is 2. The van der Waals surface area contributed by atoms with Gasteiger partial charge in [-0.15, -0.1) is 0 Å². The zero-order valence-corrected chi connectivity index (χ0v) is 19.2. The maximum absolute atomic E-state index is 13.2. The molecule has 9 nitrogen and oxygen atoms in total. The highest BCUT2D eigenvalue weighted by molar-refractivity contribution is 5.94. The lowest BCUT2D eigenvalue weighted by Gasteiger charge is -2.34. The highest BCUT2D eigenvalue weighted by atomic mass is 16.4. The number of anilines is 1. The van der Waals surface area contributed by atoms with Gasteiger partial charge in [0.25, 0.3) is 17.4 Å². The molecule has 5 rings (SSSR count). The molecule has 0 radical (unpaired) electrons. The van der Waals surface area contributed by atoms with E-state index in [0.29, 0.717) is 44.4 Å². The zero-order valence-electron chi connectivity index (χ0n) is 19.2. The van der Waals surface area contributed by atoms with Gasteiger partial charge in [-0.3, -0.25) is 9.59 Å². The number of rotatable bonds is 5. The average Bonchev–Trinajstić information content (AvgIpc) is 3.55. The number of nitriles is 1. The van der Waals surface area contributed by atoms with Crippen molar-refractivity contribution in [1.29, 1.82) is 5.26 Å². The molecule has 1 saturated heterocycles. The van der Waals surface area contributed by atoms with Crippen LogP contribution in [0.5, 0.6) is 0 Å².